The minimum Gasteiger partial charge on any atom is -0.367 e. The van der Waals surface area contributed by atoms with Gasteiger partial charge in [0.2, 0.25) is 0 Å². The second kappa shape index (κ2) is 5.96. The van der Waals surface area contributed by atoms with E-state index in [0.717, 1.165) is 6.42 Å². The lowest BCUT2D eigenvalue weighted by Gasteiger charge is -2.07. The molecule has 1 heterocycles. The molecule has 0 spiro atoms. The van der Waals surface area contributed by atoms with E-state index in [0.29, 0.717) is 16.8 Å². The van der Waals surface area contributed by atoms with Crippen molar-refractivity contribution in [2.45, 2.75) is 13.3 Å². The van der Waals surface area contributed by atoms with Crippen LogP contribution in [0.1, 0.15) is 11.1 Å². The van der Waals surface area contributed by atoms with Crippen molar-refractivity contribution < 1.29 is 4.39 Å². The van der Waals surface area contributed by atoms with Crippen molar-refractivity contribution in [1.82, 2.24) is 4.98 Å². The quantitative estimate of drug-likeness (QED) is 0.925. The summed E-state index contributed by atoms with van der Waals surface area (Å²) in [5.74, 6) is -0.0422. The molecular weight excluding hydrogens is 295 g/mol. The maximum absolute atomic E-state index is 13.5. The molecule has 0 aliphatic carbocycles. The fraction of sp³-hybridized carbons (Fsp3) is 0.214. The number of nitrogens with zero attached hydrogens (tertiary/aromatic N) is 1. The van der Waals surface area contributed by atoms with Gasteiger partial charge in [-0.25, -0.2) is 9.37 Å². The number of aryl methyl sites for hydroxylation is 1. The highest BCUT2D eigenvalue weighted by molar-refractivity contribution is 9.10. The molecule has 2 nitrogen and oxygen atoms in total. The largest absolute Gasteiger partial charge is 0.367 e. The van der Waals surface area contributed by atoms with Crippen LogP contribution in [0.2, 0.25) is 0 Å². The monoisotopic (exact) mass is 308 g/mol. The summed E-state index contributed by atoms with van der Waals surface area (Å²) in [6, 6.07) is 9.70. The van der Waals surface area contributed by atoms with Crippen LogP contribution in [0.3, 0.4) is 0 Å². The molecule has 0 unspecified atom stereocenters. The van der Waals surface area contributed by atoms with Gasteiger partial charge in [0.15, 0.2) is 11.6 Å². The third kappa shape index (κ3) is 3.53. The number of hydrogen-bond acceptors (Lipinski definition) is 2. The maximum atomic E-state index is 13.5. The van der Waals surface area contributed by atoms with Crippen LogP contribution in [-0.2, 0) is 6.42 Å². The number of anilines is 1. The Hall–Kier alpha value is -1.42. The van der Waals surface area contributed by atoms with Gasteiger partial charge in [-0.1, -0.05) is 29.8 Å². The van der Waals surface area contributed by atoms with Crippen LogP contribution < -0.4 is 5.32 Å². The van der Waals surface area contributed by atoms with Crippen molar-refractivity contribution in [3.63, 3.8) is 0 Å². The van der Waals surface area contributed by atoms with Gasteiger partial charge in [-0.15, -0.1) is 0 Å². The fourth-order valence-electron chi connectivity index (χ4n) is 1.74. The Kier molecular flexibility index (Phi) is 4.31. The predicted molar refractivity (Wildman–Crippen MR) is 75.3 cm³/mol. The van der Waals surface area contributed by atoms with Gasteiger partial charge in [0.05, 0.1) is 0 Å². The Morgan fingerprint density at radius 2 is 2.17 bits per heavy atom. The molecule has 0 radical (unpaired) electrons. The SMILES string of the molecule is Cc1cccc(CCNc2ncc(Br)cc2F)c1. The van der Waals surface area contributed by atoms with E-state index in [9.17, 15) is 4.39 Å². The number of pyridine rings is 1. The number of rotatable bonds is 4. The molecule has 0 aliphatic rings. The Bertz CT molecular complexity index is 543. The molecule has 1 aromatic carbocycles. The second-order valence-corrected chi connectivity index (χ2v) is 5.07. The summed E-state index contributed by atoms with van der Waals surface area (Å²) in [5, 5.41) is 3.00. The predicted octanol–water partition coefficient (Wildman–Crippen LogP) is 3.95. The van der Waals surface area contributed by atoms with Gasteiger partial charge in [0, 0.05) is 17.2 Å². The Morgan fingerprint density at radius 3 is 2.89 bits per heavy atom. The number of aromatic nitrogens is 1. The van der Waals surface area contributed by atoms with Crippen molar-refractivity contribution in [2.24, 2.45) is 0 Å². The standard InChI is InChI=1S/C14H14BrFN2/c1-10-3-2-4-11(7-10)5-6-17-14-13(16)8-12(15)9-18-14/h2-4,7-9H,5-6H2,1H3,(H,17,18). The van der Waals surface area contributed by atoms with Gasteiger partial charge in [-0.05, 0) is 40.9 Å². The molecule has 2 rings (SSSR count). The highest BCUT2D eigenvalue weighted by Gasteiger charge is 2.03. The van der Waals surface area contributed by atoms with Crippen molar-refractivity contribution >= 4 is 21.7 Å². The van der Waals surface area contributed by atoms with Gasteiger partial charge in [0.25, 0.3) is 0 Å². The zero-order valence-electron chi connectivity index (χ0n) is 10.1. The highest BCUT2D eigenvalue weighted by atomic mass is 79.9. The van der Waals surface area contributed by atoms with Crippen molar-refractivity contribution in [1.29, 1.82) is 0 Å². The first kappa shape index (κ1) is 13.0. The van der Waals surface area contributed by atoms with Gasteiger partial charge in [0.1, 0.15) is 0 Å². The molecule has 1 aromatic heterocycles. The molecule has 0 saturated heterocycles. The summed E-state index contributed by atoms with van der Waals surface area (Å²) in [6.45, 7) is 2.72. The van der Waals surface area contributed by atoms with Gasteiger partial charge in [-0.2, -0.15) is 0 Å². The van der Waals surface area contributed by atoms with Crippen molar-refractivity contribution in [3.8, 4) is 0 Å². The second-order valence-electron chi connectivity index (χ2n) is 4.15. The van der Waals surface area contributed by atoms with E-state index in [4.69, 9.17) is 0 Å². The van der Waals surface area contributed by atoms with Gasteiger partial charge < -0.3 is 5.32 Å². The molecule has 0 atom stereocenters. The third-order valence-corrected chi connectivity index (χ3v) is 3.03. The zero-order chi connectivity index (χ0) is 13.0. The van der Waals surface area contributed by atoms with E-state index in [1.165, 1.54) is 17.2 Å². The van der Waals surface area contributed by atoms with E-state index in [2.05, 4.69) is 51.4 Å². The molecule has 0 aliphatic heterocycles. The lowest BCUT2D eigenvalue weighted by Crippen LogP contribution is -2.08. The van der Waals surface area contributed by atoms with E-state index >= 15 is 0 Å². The first-order chi connectivity index (χ1) is 8.65. The summed E-state index contributed by atoms with van der Waals surface area (Å²) >= 11 is 3.18. The summed E-state index contributed by atoms with van der Waals surface area (Å²) in [7, 11) is 0. The molecule has 1 N–H and O–H groups in total. The molecule has 0 bridgehead atoms. The van der Waals surface area contributed by atoms with E-state index < -0.39 is 0 Å². The average molecular weight is 309 g/mol. The topological polar surface area (TPSA) is 24.9 Å². The van der Waals surface area contributed by atoms with Gasteiger partial charge in [-0.3, -0.25) is 0 Å². The normalized spacial score (nSPS) is 10.4. The maximum Gasteiger partial charge on any atom is 0.166 e. The number of benzene rings is 1. The molecule has 0 fully saturated rings. The van der Waals surface area contributed by atoms with Crippen LogP contribution in [0.4, 0.5) is 10.2 Å². The summed E-state index contributed by atoms with van der Waals surface area (Å²) in [6.07, 6.45) is 2.43. The van der Waals surface area contributed by atoms with Crippen LogP contribution in [0.15, 0.2) is 41.0 Å². The molecule has 2 aromatic rings. The molecule has 0 amide bonds. The average Bonchev–Trinajstić information content (AvgIpc) is 2.32. The number of hydrogen-bond donors (Lipinski definition) is 1. The van der Waals surface area contributed by atoms with Crippen LogP contribution in [0.25, 0.3) is 0 Å². The Labute approximate surface area is 114 Å². The first-order valence-corrected chi connectivity index (χ1v) is 6.55. The van der Waals surface area contributed by atoms with Crippen LogP contribution in [-0.4, -0.2) is 11.5 Å². The molecule has 94 valence electrons. The summed E-state index contributed by atoms with van der Waals surface area (Å²) in [4.78, 5) is 3.99. The lowest BCUT2D eigenvalue weighted by molar-refractivity contribution is 0.623. The molecular formula is C14H14BrFN2. The molecule has 18 heavy (non-hydrogen) atoms. The number of nitrogens with one attached hydrogen (secondary N) is 1. The van der Waals surface area contributed by atoms with E-state index in [1.54, 1.807) is 6.20 Å². The summed E-state index contributed by atoms with van der Waals surface area (Å²) < 4.78 is 14.1. The van der Waals surface area contributed by atoms with Gasteiger partial charge >= 0.3 is 0 Å². The minimum atomic E-state index is -0.339. The molecule has 0 saturated carbocycles. The number of halogens is 2. The highest BCUT2D eigenvalue weighted by Crippen LogP contribution is 2.16. The van der Waals surface area contributed by atoms with Crippen LogP contribution >= 0.6 is 15.9 Å². The van der Waals surface area contributed by atoms with Crippen molar-refractivity contribution in [2.75, 3.05) is 11.9 Å². The van der Waals surface area contributed by atoms with Crippen LogP contribution in [0, 0.1) is 12.7 Å². The van der Waals surface area contributed by atoms with Crippen molar-refractivity contribution in [3.05, 3.63) is 57.9 Å². The third-order valence-electron chi connectivity index (χ3n) is 2.60. The minimum absolute atomic E-state index is 0.297. The van der Waals surface area contributed by atoms with Crippen LogP contribution in [0.5, 0.6) is 0 Å². The fourth-order valence-corrected chi connectivity index (χ4v) is 2.04. The molecule has 4 heteroatoms. The summed E-state index contributed by atoms with van der Waals surface area (Å²) in [5.41, 5.74) is 2.47. The zero-order valence-corrected chi connectivity index (χ0v) is 11.7. The smallest absolute Gasteiger partial charge is 0.166 e. The lowest BCUT2D eigenvalue weighted by atomic mass is 10.1. The van der Waals surface area contributed by atoms with E-state index in [-0.39, 0.29) is 5.82 Å². The Morgan fingerprint density at radius 1 is 1.33 bits per heavy atom. The Balaban J connectivity index is 1.92. The van der Waals surface area contributed by atoms with E-state index in [1.807, 2.05) is 6.07 Å². The first-order valence-electron chi connectivity index (χ1n) is 5.75.